The van der Waals surface area contributed by atoms with Crippen LogP contribution < -0.4 is 10.6 Å². The highest BCUT2D eigenvalue weighted by molar-refractivity contribution is 6.36. The fourth-order valence-electron chi connectivity index (χ4n) is 2.11. The Morgan fingerprint density at radius 3 is 2.38 bits per heavy atom. The normalized spacial score (nSPS) is 11.3. The van der Waals surface area contributed by atoms with E-state index in [1.165, 1.54) is 18.2 Å². The minimum Gasteiger partial charge on any atom is -0.444 e. The van der Waals surface area contributed by atoms with Gasteiger partial charge < -0.3 is 10.1 Å². The van der Waals surface area contributed by atoms with Crippen molar-refractivity contribution in [2.24, 2.45) is 0 Å². The molecule has 136 valence electrons. The molecule has 0 aliphatic carbocycles. The number of urea groups is 1. The van der Waals surface area contributed by atoms with E-state index in [1.807, 2.05) is 0 Å². The number of nitrogens with one attached hydrogen (secondary N) is 2. The van der Waals surface area contributed by atoms with Crippen LogP contribution >= 0.6 is 23.2 Å². The second-order valence-corrected chi connectivity index (χ2v) is 6.01. The van der Waals surface area contributed by atoms with Gasteiger partial charge in [-0.05, 0) is 25.1 Å². The quantitative estimate of drug-likeness (QED) is 0.756. The Balaban J connectivity index is 2.25. The second kappa shape index (κ2) is 9.22. The van der Waals surface area contributed by atoms with E-state index in [9.17, 15) is 14.4 Å². The average Bonchev–Trinajstić information content (AvgIpc) is 2.60. The highest BCUT2D eigenvalue weighted by atomic mass is 35.5. The molecule has 0 spiro atoms. The SMILES string of the molecule is CCNC(=O)NC(=O)C(OC(=O)c1ccc(Cl)cc1Cl)c1ccccc1. The molecule has 0 aliphatic heterocycles. The zero-order chi connectivity index (χ0) is 19.1. The summed E-state index contributed by atoms with van der Waals surface area (Å²) in [4.78, 5) is 36.5. The van der Waals surface area contributed by atoms with Crippen molar-refractivity contribution < 1.29 is 19.1 Å². The number of carbonyl (C=O) groups excluding carboxylic acids is 3. The predicted molar refractivity (Wildman–Crippen MR) is 98.3 cm³/mol. The van der Waals surface area contributed by atoms with Crippen molar-refractivity contribution in [1.29, 1.82) is 0 Å². The van der Waals surface area contributed by atoms with E-state index in [2.05, 4.69) is 10.6 Å². The minimum atomic E-state index is -1.32. The van der Waals surface area contributed by atoms with E-state index >= 15 is 0 Å². The van der Waals surface area contributed by atoms with Crippen LogP contribution in [0.2, 0.25) is 10.0 Å². The monoisotopic (exact) mass is 394 g/mol. The number of carbonyl (C=O) groups is 3. The van der Waals surface area contributed by atoms with Crippen LogP contribution in [-0.4, -0.2) is 24.5 Å². The Kier molecular flexibility index (Phi) is 7.00. The standard InChI is InChI=1S/C18H16Cl2N2O4/c1-2-21-18(25)22-16(23)15(11-6-4-3-5-7-11)26-17(24)13-9-8-12(19)10-14(13)20/h3-10,15H,2H2,1H3,(H2,21,22,23,25). The summed E-state index contributed by atoms with van der Waals surface area (Å²) in [5.41, 5.74) is 0.468. The van der Waals surface area contributed by atoms with Crippen molar-refractivity contribution in [1.82, 2.24) is 10.6 Å². The fourth-order valence-corrected chi connectivity index (χ4v) is 2.59. The lowest BCUT2D eigenvalue weighted by atomic mass is 10.1. The van der Waals surface area contributed by atoms with Crippen LogP contribution in [0, 0.1) is 0 Å². The zero-order valence-electron chi connectivity index (χ0n) is 13.8. The molecular weight excluding hydrogens is 379 g/mol. The fraction of sp³-hybridized carbons (Fsp3) is 0.167. The maximum atomic E-state index is 12.4. The molecule has 1 atom stereocenters. The first-order valence-electron chi connectivity index (χ1n) is 7.72. The van der Waals surface area contributed by atoms with Crippen LogP contribution in [0.15, 0.2) is 48.5 Å². The summed E-state index contributed by atoms with van der Waals surface area (Å²) >= 11 is 11.8. The molecule has 2 rings (SSSR count). The summed E-state index contributed by atoms with van der Waals surface area (Å²) in [6.45, 7) is 2.05. The number of rotatable bonds is 5. The zero-order valence-corrected chi connectivity index (χ0v) is 15.3. The van der Waals surface area contributed by atoms with Gasteiger partial charge in [0.15, 0.2) is 0 Å². The Labute approximate surface area is 160 Å². The van der Waals surface area contributed by atoms with Crippen molar-refractivity contribution in [2.75, 3.05) is 6.54 Å². The number of imide groups is 1. The van der Waals surface area contributed by atoms with Crippen molar-refractivity contribution in [3.05, 3.63) is 69.7 Å². The van der Waals surface area contributed by atoms with Crippen LogP contribution in [0.4, 0.5) is 4.79 Å². The summed E-state index contributed by atoms with van der Waals surface area (Å²) in [7, 11) is 0. The highest BCUT2D eigenvalue weighted by Gasteiger charge is 2.27. The van der Waals surface area contributed by atoms with E-state index in [-0.39, 0.29) is 10.6 Å². The molecule has 0 aromatic heterocycles. The van der Waals surface area contributed by atoms with E-state index < -0.39 is 24.0 Å². The van der Waals surface area contributed by atoms with Gasteiger partial charge in [0.05, 0.1) is 10.6 Å². The summed E-state index contributed by atoms with van der Waals surface area (Å²) in [5, 5.41) is 5.03. The molecule has 0 saturated heterocycles. The Bertz CT molecular complexity index is 812. The Morgan fingerprint density at radius 2 is 1.77 bits per heavy atom. The maximum Gasteiger partial charge on any atom is 0.340 e. The largest absolute Gasteiger partial charge is 0.444 e. The third-order valence-electron chi connectivity index (χ3n) is 3.29. The summed E-state index contributed by atoms with van der Waals surface area (Å²) < 4.78 is 5.33. The third kappa shape index (κ3) is 5.21. The van der Waals surface area contributed by atoms with Gasteiger partial charge in [-0.15, -0.1) is 0 Å². The smallest absolute Gasteiger partial charge is 0.340 e. The molecule has 0 aliphatic rings. The van der Waals surface area contributed by atoms with E-state index in [0.717, 1.165) is 0 Å². The van der Waals surface area contributed by atoms with Crippen LogP contribution in [0.3, 0.4) is 0 Å². The lowest BCUT2D eigenvalue weighted by Gasteiger charge is -2.18. The summed E-state index contributed by atoms with van der Waals surface area (Å²) in [6, 6.07) is 11.9. The molecule has 1 unspecified atom stereocenters. The topological polar surface area (TPSA) is 84.5 Å². The number of hydrogen-bond donors (Lipinski definition) is 2. The average molecular weight is 395 g/mol. The lowest BCUT2D eigenvalue weighted by Crippen LogP contribution is -2.42. The molecule has 2 N–H and O–H groups in total. The molecule has 26 heavy (non-hydrogen) atoms. The first-order chi connectivity index (χ1) is 12.4. The van der Waals surface area contributed by atoms with Crippen LogP contribution in [0.25, 0.3) is 0 Å². The van der Waals surface area contributed by atoms with E-state index in [1.54, 1.807) is 37.3 Å². The predicted octanol–water partition coefficient (Wildman–Crippen LogP) is 3.74. The van der Waals surface area contributed by atoms with Crippen molar-refractivity contribution in [3.63, 3.8) is 0 Å². The molecule has 6 nitrogen and oxygen atoms in total. The molecule has 3 amide bonds. The molecule has 0 fully saturated rings. The molecule has 0 heterocycles. The number of halogens is 2. The van der Waals surface area contributed by atoms with Crippen molar-refractivity contribution in [2.45, 2.75) is 13.0 Å². The number of esters is 1. The van der Waals surface area contributed by atoms with Gasteiger partial charge in [-0.25, -0.2) is 9.59 Å². The lowest BCUT2D eigenvalue weighted by molar-refractivity contribution is -0.129. The summed E-state index contributed by atoms with van der Waals surface area (Å²) in [5.74, 6) is -1.59. The molecule has 0 saturated carbocycles. The first-order valence-corrected chi connectivity index (χ1v) is 8.47. The van der Waals surface area contributed by atoms with Gasteiger partial charge in [0.25, 0.3) is 5.91 Å². The molecule has 2 aromatic rings. The van der Waals surface area contributed by atoms with Crippen LogP contribution in [0.5, 0.6) is 0 Å². The minimum absolute atomic E-state index is 0.0582. The van der Waals surface area contributed by atoms with Gasteiger partial charge in [0.2, 0.25) is 6.10 Å². The van der Waals surface area contributed by atoms with Gasteiger partial charge in [0, 0.05) is 17.1 Å². The van der Waals surface area contributed by atoms with E-state index in [4.69, 9.17) is 27.9 Å². The van der Waals surface area contributed by atoms with Crippen molar-refractivity contribution in [3.8, 4) is 0 Å². The first kappa shape index (κ1) is 19.8. The Hall–Kier alpha value is -2.57. The number of amides is 3. The molecule has 0 radical (unpaired) electrons. The molecule has 8 heteroatoms. The molecule has 0 bridgehead atoms. The number of ether oxygens (including phenoxy) is 1. The molecular formula is C18H16Cl2N2O4. The highest BCUT2D eigenvalue weighted by Crippen LogP contribution is 2.25. The van der Waals surface area contributed by atoms with Gasteiger partial charge in [-0.3, -0.25) is 10.1 Å². The maximum absolute atomic E-state index is 12.4. The van der Waals surface area contributed by atoms with Crippen molar-refractivity contribution >= 4 is 41.1 Å². The summed E-state index contributed by atoms with van der Waals surface area (Å²) in [6.07, 6.45) is -1.32. The van der Waals surface area contributed by atoms with E-state index in [0.29, 0.717) is 17.1 Å². The van der Waals surface area contributed by atoms with Crippen LogP contribution in [-0.2, 0) is 9.53 Å². The van der Waals surface area contributed by atoms with Gasteiger partial charge in [-0.2, -0.15) is 0 Å². The van der Waals surface area contributed by atoms with Gasteiger partial charge in [0.1, 0.15) is 0 Å². The number of benzene rings is 2. The van der Waals surface area contributed by atoms with Crippen LogP contribution in [0.1, 0.15) is 28.9 Å². The molecule has 2 aromatic carbocycles. The third-order valence-corrected chi connectivity index (χ3v) is 3.84. The second-order valence-electron chi connectivity index (χ2n) is 5.17. The van der Waals surface area contributed by atoms with Gasteiger partial charge in [-0.1, -0.05) is 53.5 Å². The Morgan fingerprint density at radius 1 is 1.08 bits per heavy atom. The number of hydrogen-bond acceptors (Lipinski definition) is 4. The van der Waals surface area contributed by atoms with Gasteiger partial charge >= 0.3 is 12.0 Å².